The highest BCUT2D eigenvalue weighted by atomic mass is 15.4. The summed E-state index contributed by atoms with van der Waals surface area (Å²) in [5.74, 6) is 0.742. The van der Waals surface area contributed by atoms with Crippen LogP contribution in [0.1, 0.15) is 24.1 Å². The highest BCUT2D eigenvalue weighted by Crippen LogP contribution is 2.23. The Hall–Kier alpha value is -1.49. The van der Waals surface area contributed by atoms with Gasteiger partial charge in [-0.1, -0.05) is 18.2 Å². The van der Waals surface area contributed by atoms with Gasteiger partial charge in [-0.3, -0.25) is 10.7 Å². The Labute approximate surface area is 145 Å². The van der Waals surface area contributed by atoms with Crippen LogP contribution < -0.4 is 5.73 Å². The predicted molar refractivity (Wildman–Crippen MR) is 101 cm³/mol. The van der Waals surface area contributed by atoms with Crippen molar-refractivity contribution in [1.82, 2.24) is 9.88 Å². The highest BCUT2D eigenvalue weighted by Gasteiger charge is 2.29. The van der Waals surface area contributed by atoms with Crippen LogP contribution in [0.5, 0.6) is 0 Å². The quantitative estimate of drug-likeness (QED) is 0.678. The molecule has 1 unspecified atom stereocenters. The molecule has 4 nitrogen and oxygen atoms in total. The molecule has 0 bridgehead atoms. The molecule has 4 heteroatoms. The first-order valence-electron chi connectivity index (χ1n) is 9.06. The maximum atomic E-state index is 6.21. The minimum absolute atomic E-state index is 0.673. The van der Waals surface area contributed by atoms with Crippen molar-refractivity contribution in [2.45, 2.75) is 26.3 Å². The fourth-order valence-corrected chi connectivity index (χ4v) is 4.08. The van der Waals surface area contributed by atoms with E-state index in [1.807, 2.05) is 6.07 Å². The van der Waals surface area contributed by atoms with Gasteiger partial charge in [0.05, 0.1) is 19.1 Å². The molecule has 1 aromatic heterocycles. The molecule has 2 aromatic rings. The van der Waals surface area contributed by atoms with Gasteiger partial charge >= 0.3 is 0 Å². The van der Waals surface area contributed by atoms with Gasteiger partial charge in [-0.25, -0.2) is 0 Å². The normalized spacial score (nSPS) is 21.8. The first-order valence-corrected chi connectivity index (χ1v) is 9.06. The van der Waals surface area contributed by atoms with Crippen molar-refractivity contribution >= 4 is 10.9 Å². The predicted octanol–water partition coefficient (Wildman–Crippen LogP) is 2.75. The summed E-state index contributed by atoms with van der Waals surface area (Å²) in [4.78, 5) is 7.25. The number of piperidine rings is 1. The van der Waals surface area contributed by atoms with Gasteiger partial charge in [-0.15, -0.1) is 0 Å². The van der Waals surface area contributed by atoms with Gasteiger partial charge in [-0.2, -0.15) is 0 Å². The molecule has 2 atom stereocenters. The number of quaternary nitrogens is 1. The zero-order valence-electron chi connectivity index (χ0n) is 15.3. The van der Waals surface area contributed by atoms with Crippen molar-refractivity contribution < 1.29 is 4.48 Å². The maximum absolute atomic E-state index is 6.21. The SMILES string of the molecule is Cc1nc2ccccc2cc1C[N+](C)(CN)C[C@H]1CCCN(C)C1. The Morgan fingerprint density at radius 1 is 1.33 bits per heavy atom. The van der Waals surface area contributed by atoms with E-state index < -0.39 is 0 Å². The van der Waals surface area contributed by atoms with E-state index in [0.717, 1.165) is 34.7 Å². The molecule has 1 fully saturated rings. The number of likely N-dealkylation sites (tertiary alicyclic amines) is 1. The van der Waals surface area contributed by atoms with E-state index >= 15 is 0 Å². The molecular formula is C20H31N4+. The minimum atomic E-state index is 0.673. The number of hydrogen-bond acceptors (Lipinski definition) is 3. The second kappa shape index (κ2) is 7.18. The van der Waals surface area contributed by atoms with Gasteiger partial charge in [0, 0.05) is 29.1 Å². The topological polar surface area (TPSA) is 42.1 Å². The number of aromatic nitrogens is 1. The van der Waals surface area contributed by atoms with E-state index in [-0.39, 0.29) is 0 Å². The van der Waals surface area contributed by atoms with Crippen molar-refractivity contribution in [3.63, 3.8) is 0 Å². The van der Waals surface area contributed by atoms with Crippen molar-refractivity contribution in [2.24, 2.45) is 11.7 Å². The Morgan fingerprint density at radius 2 is 2.12 bits per heavy atom. The lowest BCUT2D eigenvalue weighted by Crippen LogP contribution is -2.52. The van der Waals surface area contributed by atoms with Crippen LogP contribution in [0, 0.1) is 12.8 Å². The molecule has 1 aromatic carbocycles. The van der Waals surface area contributed by atoms with Gasteiger partial charge in [0.1, 0.15) is 13.2 Å². The number of hydrogen-bond donors (Lipinski definition) is 1. The summed E-state index contributed by atoms with van der Waals surface area (Å²) in [6.07, 6.45) is 2.63. The molecule has 0 amide bonds. The first kappa shape index (κ1) is 17.3. The molecule has 24 heavy (non-hydrogen) atoms. The number of nitrogens with zero attached hydrogens (tertiary/aromatic N) is 3. The van der Waals surface area contributed by atoms with Crippen LogP contribution in [0.3, 0.4) is 0 Å². The van der Waals surface area contributed by atoms with Crippen LogP contribution >= 0.6 is 0 Å². The fraction of sp³-hybridized carbons (Fsp3) is 0.550. The number of benzene rings is 1. The summed E-state index contributed by atoms with van der Waals surface area (Å²) in [6.45, 7) is 7.33. The average Bonchev–Trinajstić information content (AvgIpc) is 2.55. The second-order valence-corrected chi connectivity index (χ2v) is 7.84. The summed E-state index contributed by atoms with van der Waals surface area (Å²) < 4.78 is 0.888. The zero-order chi connectivity index (χ0) is 17.2. The third-order valence-corrected chi connectivity index (χ3v) is 5.43. The van der Waals surface area contributed by atoms with Gasteiger partial charge in [0.25, 0.3) is 0 Å². The van der Waals surface area contributed by atoms with Crippen LogP contribution in [-0.4, -0.2) is 54.8 Å². The molecule has 1 saturated heterocycles. The Bertz CT molecular complexity index is 699. The van der Waals surface area contributed by atoms with Gasteiger partial charge in [0.15, 0.2) is 0 Å². The lowest BCUT2D eigenvalue weighted by atomic mass is 9.96. The first-order chi connectivity index (χ1) is 11.5. The second-order valence-electron chi connectivity index (χ2n) is 7.84. The van der Waals surface area contributed by atoms with E-state index in [9.17, 15) is 0 Å². The highest BCUT2D eigenvalue weighted by molar-refractivity contribution is 5.79. The lowest BCUT2D eigenvalue weighted by Gasteiger charge is -2.39. The van der Waals surface area contributed by atoms with Crippen molar-refractivity contribution in [1.29, 1.82) is 0 Å². The van der Waals surface area contributed by atoms with E-state index in [1.54, 1.807) is 0 Å². The van der Waals surface area contributed by atoms with E-state index in [4.69, 9.17) is 10.7 Å². The third-order valence-electron chi connectivity index (χ3n) is 5.43. The molecule has 2 N–H and O–H groups in total. The third kappa shape index (κ3) is 3.94. The molecule has 1 aliphatic heterocycles. The molecule has 130 valence electrons. The van der Waals surface area contributed by atoms with Crippen molar-refractivity contribution in [3.05, 3.63) is 41.6 Å². The Kier molecular flexibility index (Phi) is 5.18. The standard InChI is InChI=1S/C20H31N4/c1-16-19(11-18-8-4-5-9-20(18)22-16)14-24(3,15-21)13-17-7-6-10-23(2)12-17/h4-5,8-9,11,17H,6-7,10,12-15,21H2,1-3H3/q+1/t17-,24?/m0/s1. The van der Waals surface area contributed by atoms with Crippen molar-refractivity contribution in [3.8, 4) is 0 Å². The molecule has 0 saturated carbocycles. The number of para-hydroxylation sites is 1. The average molecular weight is 327 g/mol. The van der Waals surface area contributed by atoms with Crippen LogP contribution in [0.15, 0.2) is 30.3 Å². The lowest BCUT2D eigenvalue weighted by molar-refractivity contribution is -0.925. The van der Waals surface area contributed by atoms with Crippen LogP contribution in [-0.2, 0) is 6.54 Å². The van der Waals surface area contributed by atoms with Gasteiger partial charge in [0.2, 0.25) is 0 Å². The minimum Gasteiger partial charge on any atom is -0.310 e. The smallest absolute Gasteiger partial charge is 0.130 e. The molecular weight excluding hydrogens is 296 g/mol. The van der Waals surface area contributed by atoms with Crippen LogP contribution in [0.4, 0.5) is 0 Å². The van der Waals surface area contributed by atoms with Crippen LogP contribution in [0.2, 0.25) is 0 Å². The monoisotopic (exact) mass is 327 g/mol. The van der Waals surface area contributed by atoms with Crippen molar-refractivity contribution in [2.75, 3.05) is 40.4 Å². The number of aryl methyl sites for hydroxylation is 1. The molecule has 1 aliphatic rings. The zero-order valence-corrected chi connectivity index (χ0v) is 15.3. The Balaban J connectivity index is 1.79. The number of fused-ring (bicyclic) bond motifs is 1. The van der Waals surface area contributed by atoms with Gasteiger partial charge < -0.3 is 9.38 Å². The molecule has 0 radical (unpaired) electrons. The molecule has 2 heterocycles. The number of pyridine rings is 1. The maximum Gasteiger partial charge on any atom is 0.130 e. The largest absolute Gasteiger partial charge is 0.310 e. The summed E-state index contributed by atoms with van der Waals surface area (Å²) in [7, 11) is 4.53. The summed E-state index contributed by atoms with van der Waals surface area (Å²) in [6, 6.07) is 10.7. The summed E-state index contributed by atoms with van der Waals surface area (Å²) in [5, 5.41) is 1.22. The van der Waals surface area contributed by atoms with E-state index in [0.29, 0.717) is 6.67 Å². The van der Waals surface area contributed by atoms with Crippen LogP contribution in [0.25, 0.3) is 10.9 Å². The van der Waals surface area contributed by atoms with Gasteiger partial charge in [-0.05, 0) is 45.5 Å². The number of rotatable bonds is 5. The Morgan fingerprint density at radius 3 is 2.88 bits per heavy atom. The molecule has 3 rings (SSSR count). The van der Waals surface area contributed by atoms with E-state index in [1.165, 1.54) is 36.9 Å². The molecule has 0 spiro atoms. The fourth-order valence-electron chi connectivity index (χ4n) is 4.08. The summed E-state index contributed by atoms with van der Waals surface area (Å²) >= 11 is 0. The van der Waals surface area contributed by atoms with E-state index in [2.05, 4.69) is 50.2 Å². The number of nitrogens with two attached hydrogens (primary N) is 1. The summed E-state index contributed by atoms with van der Waals surface area (Å²) in [5.41, 5.74) is 9.74. The molecule has 0 aliphatic carbocycles.